The molecule has 0 atom stereocenters. The minimum Gasteiger partial charge on any atom is -0.417 e. The topological polar surface area (TPSA) is 29.5 Å². The number of hydrogen-bond acceptors (Lipinski definition) is 2. The normalized spacial score (nSPS) is 13.1. The summed E-state index contributed by atoms with van der Waals surface area (Å²) in [6.07, 6.45) is 7.10. The standard InChI is InChI=1S/C14H32O2Si/c1-14(2,3)17(4,5)16-13-11-9-7-6-8-10-12-15/h15H,6-13H2,1-5H3. The molecule has 0 aromatic rings. The fraction of sp³-hybridized carbons (Fsp3) is 1.00. The molecule has 0 unspecified atom stereocenters. The van der Waals surface area contributed by atoms with Crippen molar-refractivity contribution < 1.29 is 9.53 Å². The fourth-order valence-electron chi connectivity index (χ4n) is 1.46. The van der Waals surface area contributed by atoms with Crippen molar-refractivity contribution in [1.82, 2.24) is 0 Å². The Labute approximate surface area is 109 Å². The summed E-state index contributed by atoms with van der Waals surface area (Å²) >= 11 is 0. The van der Waals surface area contributed by atoms with Crippen molar-refractivity contribution in [3.05, 3.63) is 0 Å². The van der Waals surface area contributed by atoms with Gasteiger partial charge in [-0.1, -0.05) is 46.5 Å². The Bertz CT molecular complexity index is 185. The SMILES string of the molecule is CC(C)(C)[Si](C)(C)OCCCCCCCCO. The van der Waals surface area contributed by atoms with E-state index in [0.717, 1.165) is 13.0 Å². The average molecular weight is 260 g/mol. The van der Waals surface area contributed by atoms with Crippen LogP contribution in [0.3, 0.4) is 0 Å². The third kappa shape index (κ3) is 7.95. The van der Waals surface area contributed by atoms with Crippen LogP contribution in [0, 0.1) is 0 Å². The predicted molar refractivity (Wildman–Crippen MR) is 77.9 cm³/mol. The second kappa shape index (κ2) is 8.28. The lowest BCUT2D eigenvalue weighted by Crippen LogP contribution is -2.40. The molecule has 0 aliphatic rings. The summed E-state index contributed by atoms with van der Waals surface area (Å²) < 4.78 is 6.12. The van der Waals surface area contributed by atoms with E-state index in [1.807, 2.05) is 0 Å². The molecule has 0 aliphatic heterocycles. The van der Waals surface area contributed by atoms with Gasteiger partial charge in [0.05, 0.1) is 0 Å². The third-order valence-electron chi connectivity index (χ3n) is 3.82. The number of aliphatic hydroxyl groups is 1. The van der Waals surface area contributed by atoms with Crippen molar-refractivity contribution in [2.75, 3.05) is 13.2 Å². The van der Waals surface area contributed by atoms with Gasteiger partial charge >= 0.3 is 0 Å². The molecule has 0 aliphatic carbocycles. The molecule has 0 rings (SSSR count). The maximum Gasteiger partial charge on any atom is 0.191 e. The summed E-state index contributed by atoms with van der Waals surface area (Å²) in [5.74, 6) is 0. The number of rotatable bonds is 9. The van der Waals surface area contributed by atoms with Crippen molar-refractivity contribution in [2.24, 2.45) is 0 Å². The van der Waals surface area contributed by atoms with Crippen LogP contribution in [0.1, 0.15) is 59.3 Å². The first-order chi connectivity index (χ1) is 7.81. The van der Waals surface area contributed by atoms with E-state index >= 15 is 0 Å². The number of unbranched alkanes of at least 4 members (excludes halogenated alkanes) is 5. The molecule has 0 saturated carbocycles. The molecule has 3 heteroatoms. The van der Waals surface area contributed by atoms with Crippen molar-refractivity contribution in [3.8, 4) is 0 Å². The molecule has 1 N–H and O–H groups in total. The molecule has 0 radical (unpaired) electrons. The first-order valence-corrected chi connectivity index (χ1v) is 9.97. The second-order valence-corrected chi connectivity index (χ2v) is 11.3. The van der Waals surface area contributed by atoms with Crippen LogP contribution in [0.5, 0.6) is 0 Å². The lowest BCUT2D eigenvalue weighted by molar-refractivity contribution is 0.272. The van der Waals surface area contributed by atoms with Crippen LogP contribution >= 0.6 is 0 Å². The monoisotopic (exact) mass is 260 g/mol. The van der Waals surface area contributed by atoms with Crippen LogP contribution in [-0.2, 0) is 4.43 Å². The number of hydrogen-bond donors (Lipinski definition) is 1. The van der Waals surface area contributed by atoms with Crippen molar-refractivity contribution in [3.63, 3.8) is 0 Å². The zero-order valence-corrected chi connectivity index (χ0v) is 13.5. The van der Waals surface area contributed by atoms with Crippen molar-refractivity contribution in [2.45, 2.75) is 77.4 Å². The van der Waals surface area contributed by atoms with Gasteiger partial charge in [0.25, 0.3) is 0 Å². The van der Waals surface area contributed by atoms with E-state index in [4.69, 9.17) is 9.53 Å². The molecule has 0 fully saturated rings. The lowest BCUT2D eigenvalue weighted by atomic mass is 10.1. The highest BCUT2D eigenvalue weighted by Crippen LogP contribution is 2.36. The van der Waals surface area contributed by atoms with Crippen LogP contribution in [0.4, 0.5) is 0 Å². The van der Waals surface area contributed by atoms with Crippen LogP contribution in [0.2, 0.25) is 18.1 Å². The molecule has 0 bridgehead atoms. The maximum absolute atomic E-state index is 8.66. The molecule has 0 saturated heterocycles. The fourth-order valence-corrected chi connectivity index (χ4v) is 2.55. The van der Waals surface area contributed by atoms with Gasteiger partial charge in [0.2, 0.25) is 0 Å². The van der Waals surface area contributed by atoms with Crippen LogP contribution in [-0.4, -0.2) is 26.6 Å². The van der Waals surface area contributed by atoms with E-state index in [1.54, 1.807) is 0 Å². The largest absolute Gasteiger partial charge is 0.417 e. The van der Waals surface area contributed by atoms with Gasteiger partial charge in [-0.05, 0) is 31.0 Å². The lowest BCUT2D eigenvalue weighted by Gasteiger charge is -2.36. The molecule has 0 amide bonds. The maximum atomic E-state index is 8.66. The van der Waals surface area contributed by atoms with Gasteiger partial charge in [0, 0.05) is 13.2 Å². The van der Waals surface area contributed by atoms with Crippen molar-refractivity contribution >= 4 is 8.32 Å². The highest BCUT2D eigenvalue weighted by atomic mass is 28.4. The van der Waals surface area contributed by atoms with Crippen LogP contribution < -0.4 is 0 Å². The minimum absolute atomic E-state index is 0.328. The Kier molecular flexibility index (Phi) is 8.34. The van der Waals surface area contributed by atoms with Crippen molar-refractivity contribution in [1.29, 1.82) is 0 Å². The molecule has 0 aromatic heterocycles. The first kappa shape index (κ1) is 17.1. The molecule has 0 heterocycles. The van der Waals surface area contributed by atoms with Gasteiger partial charge < -0.3 is 9.53 Å². The molecule has 0 spiro atoms. The van der Waals surface area contributed by atoms with E-state index in [1.165, 1.54) is 32.1 Å². The third-order valence-corrected chi connectivity index (χ3v) is 8.36. The van der Waals surface area contributed by atoms with E-state index in [9.17, 15) is 0 Å². The van der Waals surface area contributed by atoms with E-state index < -0.39 is 8.32 Å². The highest BCUT2D eigenvalue weighted by Gasteiger charge is 2.36. The zero-order chi connectivity index (χ0) is 13.4. The van der Waals surface area contributed by atoms with Gasteiger partial charge in [0.1, 0.15) is 0 Å². The molecule has 104 valence electrons. The average Bonchev–Trinajstić information content (AvgIpc) is 2.20. The summed E-state index contributed by atoms with van der Waals surface area (Å²) in [7, 11) is -1.52. The summed E-state index contributed by atoms with van der Waals surface area (Å²) in [4.78, 5) is 0. The Hall–Kier alpha value is 0.137. The molecular formula is C14H32O2Si. The Morgan fingerprint density at radius 1 is 0.882 bits per heavy atom. The first-order valence-electron chi connectivity index (χ1n) is 7.06. The second-order valence-electron chi connectivity index (χ2n) is 6.45. The summed E-state index contributed by atoms with van der Waals surface area (Å²) in [6.45, 7) is 12.8. The van der Waals surface area contributed by atoms with E-state index in [2.05, 4.69) is 33.9 Å². The Balaban J connectivity index is 3.46. The highest BCUT2D eigenvalue weighted by molar-refractivity contribution is 6.74. The van der Waals surface area contributed by atoms with E-state index in [0.29, 0.717) is 11.6 Å². The molecule has 0 aromatic carbocycles. The van der Waals surface area contributed by atoms with Gasteiger partial charge in [-0.2, -0.15) is 0 Å². The quantitative estimate of drug-likeness (QED) is 0.493. The van der Waals surface area contributed by atoms with Gasteiger partial charge in [-0.25, -0.2) is 0 Å². The van der Waals surface area contributed by atoms with Crippen LogP contribution in [0.25, 0.3) is 0 Å². The smallest absolute Gasteiger partial charge is 0.191 e. The van der Waals surface area contributed by atoms with Gasteiger partial charge in [-0.3, -0.25) is 0 Å². The molecular weight excluding hydrogens is 228 g/mol. The summed E-state index contributed by atoms with van der Waals surface area (Å²) in [6, 6.07) is 0. The van der Waals surface area contributed by atoms with E-state index in [-0.39, 0.29) is 0 Å². The Morgan fingerprint density at radius 3 is 1.82 bits per heavy atom. The summed E-state index contributed by atoms with van der Waals surface area (Å²) in [5, 5.41) is 8.98. The number of aliphatic hydroxyl groups excluding tert-OH is 1. The zero-order valence-electron chi connectivity index (χ0n) is 12.5. The molecule has 17 heavy (non-hydrogen) atoms. The predicted octanol–water partition coefficient (Wildman–Crippen LogP) is 4.34. The Morgan fingerprint density at radius 2 is 1.35 bits per heavy atom. The summed E-state index contributed by atoms with van der Waals surface area (Å²) in [5.41, 5.74) is 0. The van der Waals surface area contributed by atoms with Gasteiger partial charge in [0.15, 0.2) is 8.32 Å². The van der Waals surface area contributed by atoms with Gasteiger partial charge in [-0.15, -0.1) is 0 Å². The molecule has 2 nitrogen and oxygen atoms in total. The van der Waals surface area contributed by atoms with Crippen LogP contribution in [0.15, 0.2) is 0 Å². The minimum atomic E-state index is -1.52.